The molecule has 6 nitrogen and oxygen atoms in total. The van der Waals surface area contributed by atoms with Gasteiger partial charge in [0.15, 0.2) is 5.96 Å². The third kappa shape index (κ3) is 8.83. The van der Waals surface area contributed by atoms with E-state index in [1.54, 1.807) is 0 Å². The Morgan fingerprint density at radius 3 is 2.27 bits per heavy atom. The molecule has 0 bridgehead atoms. The van der Waals surface area contributed by atoms with Crippen LogP contribution in [0.15, 0.2) is 83.9 Å². The van der Waals surface area contributed by atoms with E-state index >= 15 is 0 Å². The van der Waals surface area contributed by atoms with Gasteiger partial charge in [-0.1, -0.05) is 91.5 Å². The number of nitrogens with zero attached hydrogens (tertiary/aromatic N) is 3. The zero-order valence-corrected chi connectivity index (χ0v) is 24.5. The van der Waals surface area contributed by atoms with Gasteiger partial charge in [-0.15, -0.1) is 0 Å². The number of primary amides is 1. The molecular weight excluding hydrogens is 518 g/mol. The molecule has 40 heavy (non-hydrogen) atoms. The van der Waals surface area contributed by atoms with Gasteiger partial charge in [0.1, 0.15) is 0 Å². The van der Waals surface area contributed by atoms with Gasteiger partial charge in [0.2, 0.25) is 5.91 Å². The second kappa shape index (κ2) is 14.9. The molecule has 3 aromatic carbocycles. The lowest BCUT2D eigenvalue weighted by molar-refractivity contribution is -0.118. The lowest BCUT2D eigenvalue weighted by Gasteiger charge is -2.30. The van der Waals surface area contributed by atoms with Crippen LogP contribution in [0.5, 0.6) is 0 Å². The lowest BCUT2D eigenvalue weighted by Crippen LogP contribution is -2.41. The van der Waals surface area contributed by atoms with E-state index in [1.807, 2.05) is 24.3 Å². The fourth-order valence-electron chi connectivity index (χ4n) is 5.25. The molecule has 0 heterocycles. The summed E-state index contributed by atoms with van der Waals surface area (Å²) < 4.78 is 0. The summed E-state index contributed by atoms with van der Waals surface area (Å²) in [6, 6.07) is 26.8. The fraction of sp³-hybridized carbons (Fsp3) is 0.394. The Hall–Kier alpha value is -3.35. The fourth-order valence-corrected chi connectivity index (χ4v) is 5.52. The van der Waals surface area contributed by atoms with Crippen molar-refractivity contribution in [2.75, 3.05) is 32.5 Å². The van der Waals surface area contributed by atoms with Crippen LogP contribution < -0.4 is 11.1 Å². The molecule has 4 rings (SSSR count). The predicted molar refractivity (Wildman–Crippen MR) is 167 cm³/mol. The van der Waals surface area contributed by atoms with Crippen molar-refractivity contribution >= 4 is 29.2 Å². The molecule has 3 N–H and O–H groups in total. The van der Waals surface area contributed by atoms with Crippen molar-refractivity contribution in [2.24, 2.45) is 10.7 Å². The van der Waals surface area contributed by atoms with Crippen LogP contribution >= 0.6 is 11.6 Å². The summed E-state index contributed by atoms with van der Waals surface area (Å²) in [5, 5.41) is 4.30. The zero-order valence-electron chi connectivity index (χ0n) is 23.7. The Bertz CT molecular complexity index is 1240. The van der Waals surface area contributed by atoms with Crippen LogP contribution in [0, 0.1) is 0 Å². The number of halogens is 1. The number of nitrogens with two attached hydrogens (primary N) is 1. The maximum absolute atomic E-state index is 11.9. The molecule has 1 fully saturated rings. The van der Waals surface area contributed by atoms with Crippen LogP contribution in [0.3, 0.4) is 0 Å². The van der Waals surface area contributed by atoms with E-state index in [0.717, 1.165) is 55.2 Å². The number of anilines is 1. The smallest absolute Gasteiger partial charge is 0.218 e. The van der Waals surface area contributed by atoms with Crippen LogP contribution in [0.1, 0.15) is 61.1 Å². The highest BCUT2D eigenvalue weighted by Gasteiger charge is 2.21. The summed E-state index contributed by atoms with van der Waals surface area (Å²) in [6.07, 6.45) is 6.21. The van der Waals surface area contributed by atoms with Gasteiger partial charge in [-0.05, 0) is 61.8 Å². The number of guanidine groups is 1. The Balaban J connectivity index is 1.62. The highest BCUT2D eigenvalue weighted by Crippen LogP contribution is 2.33. The monoisotopic (exact) mass is 559 g/mol. The first-order chi connectivity index (χ1) is 19.4. The number of nitrogens with one attached hydrogen (secondary N) is 1. The van der Waals surface area contributed by atoms with Gasteiger partial charge in [0.05, 0.1) is 6.04 Å². The minimum absolute atomic E-state index is 0.195. The maximum atomic E-state index is 11.9. The molecule has 0 saturated heterocycles. The van der Waals surface area contributed by atoms with Gasteiger partial charge in [0.25, 0.3) is 0 Å². The molecule has 1 saturated carbocycles. The molecule has 0 radical (unpaired) electrons. The van der Waals surface area contributed by atoms with Crippen LogP contribution in [-0.4, -0.2) is 54.9 Å². The number of amides is 1. The molecule has 0 aromatic heterocycles. The molecule has 212 valence electrons. The molecular formula is C33H42ClN5O. The first-order valence-electron chi connectivity index (χ1n) is 14.3. The first kappa shape index (κ1) is 29.6. The van der Waals surface area contributed by atoms with Crippen molar-refractivity contribution in [3.8, 4) is 0 Å². The number of likely N-dealkylation sites (N-methyl/N-ethyl adjacent to an activating group) is 1. The minimum atomic E-state index is -0.355. The van der Waals surface area contributed by atoms with Crippen molar-refractivity contribution in [3.05, 3.63) is 101 Å². The molecule has 1 atom stereocenters. The average molecular weight is 560 g/mol. The number of carbonyl (C=O) groups excluding carboxylic acids is 1. The topological polar surface area (TPSA) is 74.0 Å². The van der Waals surface area contributed by atoms with Gasteiger partial charge in [-0.2, -0.15) is 0 Å². The van der Waals surface area contributed by atoms with Gasteiger partial charge in [-0.25, -0.2) is 4.99 Å². The van der Waals surface area contributed by atoms with E-state index in [1.165, 1.54) is 24.8 Å². The van der Waals surface area contributed by atoms with Crippen molar-refractivity contribution in [3.63, 3.8) is 0 Å². The third-order valence-corrected chi connectivity index (χ3v) is 7.81. The second-order valence-corrected chi connectivity index (χ2v) is 11.4. The van der Waals surface area contributed by atoms with Crippen molar-refractivity contribution in [2.45, 2.75) is 57.0 Å². The van der Waals surface area contributed by atoms with Gasteiger partial charge in [0, 0.05) is 42.7 Å². The zero-order chi connectivity index (χ0) is 28.3. The van der Waals surface area contributed by atoms with E-state index in [4.69, 9.17) is 22.3 Å². The minimum Gasteiger partial charge on any atom is -0.370 e. The standard InChI is InChI=1S/C33H42ClN5O/c1-38(2)21-22-39(24-25-11-5-3-6-12-25)33(36-27-13-7-4-8-14-27)37-28-19-17-26(18-20-28)30(23-32(35)40)29-15-9-10-16-31(29)34/h3,5-6,9-12,15-20,27,30H,4,7-8,13-14,21-24H2,1-2H3,(H2,35,40)(H,36,37). The summed E-state index contributed by atoms with van der Waals surface area (Å²) in [4.78, 5) is 21.8. The van der Waals surface area contributed by atoms with Crippen LogP contribution in [0.4, 0.5) is 5.69 Å². The number of hydrogen-bond acceptors (Lipinski definition) is 3. The summed E-state index contributed by atoms with van der Waals surface area (Å²) in [5.74, 6) is 0.349. The summed E-state index contributed by atoms with van der Waals surface area (Å²) in [7, 11) is 4.21. The third-order valence-electron chi connectivity index (χ3n) is 7.47. The van der Waals surface area contributed by atoms with E-state index in [2.05, 4.69) is 83.8 Å². The van der Waals surface area contributed by atoms with Crippen molar-refractivity contribution in [1.82, 2.24) is 9.80 Å². The largest absolute Gasteiger partial charge is 0.370 e. The quantitative estimate of drug-likeness (QED) is 0.207. The number of aliphatic imine (C=N–C) groups is 1. The van der Waals surface area contributed by atoms with Gasteiger partial charge < -0.3 is 20.9 Å². The molecule has 3 aromatic rings. The first-order valence-corrected chi connectivity index (χ1v) is 14.7. The number of rotatable bonds is 11. The summed E-state index contributed by atoms with van der Waals surface area (Å²) >= 11 is 6.51. The van der Waals surface area contributed by atoms with E-state index in [0.29, 0.717) is 11.1 Å². The van der Waals surface area contributed by atoms with Crippen LogP contribution in [0.2, 0.25) is 5.02 Å². The molecule has 1 aliphatic carbocycles. The second-order valence-electron chi connectivity index (χ2n) is 10.9. The van der Waals surface area contributed by atoms with Crippen LogP contribution in [0.25, 0.3) is 0 Å². The molecule has 1 unspecified atom stereocenters. The highest BCUT2D eigenvalue weighted by atomic mass is 35.5. The van der Waals surface area contributed by atoms with Crippen molar-refractivity contribution in [1.29, 1.82) is 0 Å². The van der Waals surface area contributed by atoms with Crippen LogP contribution in [-0.2, 0) is 11.3 Å². The molecule has 0 spiro atoms. The highest BCUT2D eigenvalue weighted by molar-refractivity contribution is 6.31. The average Bonchev–Trinajstić information content (AvgIpc) is 2.95. The van der Waals surface area contributed by atoms with E-state index < -0.39 is 0 Å². The van der Waals surface area contributed by atoms with E-state index in [9.17, 15) is 4.79 Å². The normalized spacial score (nSPS) is 15.2. The Labute approximate surface area is 244 Å². The maximum Gasteiger partial charge on any atom is 0.218 e. The van der Waals surface area contributed by atoms with Crippen molar-refractivity contribution < 1.29 is 4.79 Å². The SMILES string of the molecule is CN(C)CCN(Cc1ccccc1)/C(=N\C1CCCCC1)Nc1ccc(C(CC(N)=O)c2ccccc2Cl)cc1. The number of hydrogen-bond donors (Lipinski definition) is 2. The number of benzene rings is 3. The molecule has 1 aliphatic rings. The summed E-state index contributed by atoms with van der Waals surface area (Å²) in [6.45, 7) is 2.55. The predicted octanol–water partition coefficient (Wildman–Crippen LogP) is 6.51. The summed E-state index contributed by atoms with van der Waals surface area (Å²) in [5.41, 5.74) is 9.74. The Kier molecular flexibility index (Phi) is 11.0. The molecule has 0 aliphatic heterocycles. The molecule has 1 amide bonds. The van der Waals surface area contributed by atoms with Gasteiger partial charge in [-0.3, -0.25) is 4.79 Å². The van der Waals surface area contributed by atoms with Gasteiger partial charge >= 0.3 is 0 Å². The number of carbonyl (C=O) groups is 1. The Morgan fingerprint density at radius 1 is 0.950 bits per heavy atom. The Morgan fingerprint density at radius 2 is 1.62 bits per heavy atom. The lowest BCUT2D eigenvalue weighted by atomic mass is 9.88. The van der Waals surface area contributed by atoms with E-state index in [-0.39, 0.29) is 18.2 Å². The molecule has 7 heteroatoms.